The molecule has 0 bridgehead atoms. The lowest BCUT2D eigenvalue weighted by Crippen LogP contribution is -2.30. The van der Waals surface area contributed by atoms with Crippen LogP contribution in [-0.4, -0.2) is 28.0 Å². The van der Waals surface area contributed by atoms with Crippen molar-refractivity contribution < 1.29 is 14.4 Å². The van der Waals surface area contributed by atoms with E-state index in [1.807, 2.05) is 79.9 Å². The lowest BCUT2D eigenvalue weighted by atomic mass is 10.1. The molecule has 5 rings (SSSR count). The number of thiazole rings is 1. The normalized spacial score (nSPS) is 11.8. The van der Waals surface area contributed by atoms with Crippen LogP contribution in [0.1, 0.15) is 28.4 Å². The number of carbonyl (C=O) groups is 3. The van der Waals surface area contributed by atoms with Gasteiger partial charge in [-0.1, -0.05) is 77.8 Å². The zero-order valence-corrected chi connectivity index (χ0v) is 26.8. The highest BCUT2D eigenvalue weighted by Gasteiger charge is 2.18. The Morgan fingerprint density at radius 2 is 1.62 bits per heavy atom. The molecule has 3 N–H and O–H groups in total. The first-order valence-electron chi connectivity index (χ1n) is 14.0. The number of nitrogens with zero attached hydrogens (tertiary/aromatic N) is 1. The summed E-state index contributed by atoms with van der Waals surface area (Å²) in [5.74, 6) is -1.03. The Morgan fingerprint density at radius 1 is 0.889 bits per heavy atom. The van der Waals surface area contributed by atoms with E-state index >= 15 is 0 Å². The number of hydrogen-bond donors (Lipinski definition) is 3. The second-order valence-electron chi connectivity index (χ2n) is 10.0. The van der Waals surface area contributed by atoms with Gasteiger partial charge in [-0.05, 0) is 68.0 Å². The summed E-state index contributed by atoms with van der Waals surface area (Å²) in [4.78, 5) is 44.5. The van der Waals surface area contributed by atoms with Crippen molar-refractivity contribution in [2.24, 2.45) is 0 Å². The number of aromatic nitrogens is 1. The maximum Gasteiger partial charge on any atom is 0.272 e. The number of rotatable bonds is 10. The van der Waals surface area contributed by atoms with Crippen molar-refractivity contribution in [1.82, 2.24) is 10.3 Å². The number of halogens is 1. The molecule has 5 aromatic rings. The molecule has 45 heavy (non-hydrogen) atoms. The minimum atomic E-state index is -0.464. The number of aryl methyl sites for hydroxylation is 1. The average molecular weight is 653 g/mol. The first-order chi connectivity index (χ1) is 21.7. The van der Waals surface area contributed by atoms with Gasteiger partial charge in [0.15, 0.2) is 5.13 Å². The van der Waals surface area contributed by atoms with Gasteiger partial charge in [0.25, 0.3) is 11.8 Å². The molecule has 0 fully saturated rings. The molecule has 226 valence electrons. The number of thioether (sulfide) groups is 1. The summed E-state index contributed by atoms with van der Waals surface area (Å²) < 4.78 is 0. The van der Waals surface area contributed by atoms with Crippen LogP contribution in [0.25, 0.3) is 17.3 Å². The highest BCUT2D eigenvalue weighted by molar-refractivity contribution is 8.00. The van der Waals surface area contributed by atoms with Crippen LogP contribution < -0.4 is 16.0 Å². The van der Waals surface area contributed by atoms with E-state index in [9.17, 15) is 14.4 Å². The number of nitrogens with one attached hydrogen (secondary N) is 3. The molecule has 4 aromatic carbocycles. The van der Waals surface area contributed by atoms with Crippen LogP contribution in [0.5, 0.6) is 0 Å². The smallest absolute Gasteiger partial charge is 0.272 e. The minimum Gasteiger partial charge on any atom is -0.321 e. The van der Waals surface area contributed by atoms with Crippen LogP contribution in [0, 0.1) is 6.92 Å². The topological polar surface area (TPSA) is 100 Å². The van der Waals surface area contributed by atoms with E-state index < -0.39 is 11.2 Å². The molecular formula is C35H29ClN4O3S2. The number of amides is 3. The summed E-state index contributed by atoms with van der Waals surface area (Å²) in [6.45, 7) is 3.77. The lowest BCUT2D eigenvalue weighted by molar-refractivity contribution is -0.115. The Morgan fingerprint density at radius 3 is 2.36 bits per heavy atom. The van der Waals surface area contributed by atoms with Gasteiger partial charge in [-0.25, -0.2) is 4.98 Å². The van der Waals surface area contributed by atoms with Crippen LogP contribution in [-0.2, 0) is 9.59 Å². The summed E-state index contributed by atoms with van der Waals surface area (Å²) in [6, 6.07) is 31.0. The largest absolute Gasteiger partial charge is 0.321 e. The van der Waals surface area contributed by atoms with Gasteiger partial charge in [0, 0.05) is 32.1 Å². The number of benzene rings is 4. The van der Waals surface area contributed by atoms with Crippen molar-refractivity contribution in [3.8, 4) is 11.3 Å². The molecule has 0 aliphatic rings. The zero-order valence-electron chi connectivity index (χ0n) is 24.4. The Bertz CT molecular complexity index is 1860. The van der Waals surface area contributed by atoms with Gasteiger partial charge in [0.2, 0.25) is 5.91 Å². The van der Waals surface area contributed by atoms with Gasteiger partial charge in [0.1, 0.15) is 5.70 Å². The molecule has 0 saturated carbocycles. The van der Waals surface area contributed by atoms with Crippen LogP contribution in [0.15, 0.2) is 119 Å². The van der Waals surface area contributed by atoms with Crippen molar-refractivity contribution in [3.05, 3.63) is 136 Å². The van der Waals surface area contributed by atoms with Crippen molar-refractivity contribution in [1.29, 1.82) is 0 Å². The van der Waals surface area contributed by atoms with E-state index in [2.05, 4.69) is 20.9 Å². The Kier molecular flexibility index (Phi) is 10.5. The summed E-state index contributed by atoms with van der Waals surface area (Å²) in [6.07, 6.45) is 1.65. The maximum atomic E-state index is 13.3. The van der Waals surface area contributed by atoms with Crippen LogP contribution in [0.4, 0.5) is 10.8 Å². The van der Waals surface area contributed by atoms with Gasteiger partial charge < -0.3 is 16.0 Å². The van der Waals surface area contributed by atoms with Crippen molar-refractivity contribution >= 4 is 69.3 Å². The van der Waals surface area contributed by atoms with E-state index in [4.69, 9.17) is 11.6 Å². The fourth-order valence-corrected chi connectivity index (χ4v) is 6.09. The molecule has 0 saturated heterocycles. The van der Waals surface area contributed by atoms with Crippen molar-refractivity contribution in [3.63, 3.8) is 0 Å². The quantitative estimate of drug-likeness (QED) is 0.104. The minimum absolute atomic E-state index is 0.109. The fourth-order valence-electron chi connectivity index (χ4n) is 4.27. The second-order valence-corrected chi connectivity index (χ2v) is 12.7. The predicted molar refractivity (Wildman–Crippen MR) is 185 cm³/mol. The SMILES string of the molecule is Cc1cccc(/C=C(\NC(=O)c2ccccc2)C(=O)Nc2ccc(SC(C)C(=O)Nc3nc(-c4ccccc4Cl)cs3)cc2)c1. The van der Waals surface area contributed by atoms with Crippen LogP contribution in [0.2, 0.25) is 5.02 Å². The third kappa shape index (κ3) is 8.69. The maximum absolute atomic E-state index is 13.3. The molecule has 10 heteroatoms. The molecule has 7 nitrogen and oxygen atoms in total. The van der Waals surface area contributed by atoms with Crippen molar-refractivity contribution in [2.45, 2.75) is 24.0 Å². The number of hydrogen-bond acceptors (Lipinski definition) is 6. The molecule has 1 aromatic heterocycles. The first-order valence-corrected chi connectivity index (χ1v) is 16.1. The van der Waals surface area contributed by atoms with Crippen LogP contribution >= 0.6 is 34.7 Å². The van der Waals surface area contributed by atoms with Crippen molar-refractivity contribution in [2.75, 3.05) is 10.6 Å². The van der Waals surface area contributed by atoms with E-state index in [1.54, 1.807) is 48.5 Å². The number of anilines is 2. The average Bonchev–Trinajstić information content (AvgIpc) is 3.50. The molecule has 0 radical (unpaired) electrons. The highest BCUT2D eigenvalue weighted by Crippen LogP contribution is 2.31. The van der Waals surface area contributed by atoms with Gasteiger partial charge >= 0.3 is 0 Å². The Labute approximate surface area is 274 Å². The molecule has 1 atom stereocenters. The van der Waals surface area contributed by atoms with Crippen LogP contribution in [0.3, 0.4) is 0 Å². The molecule has 0 aliphatic heterocycles. The van der Waals surface area contributed by atoms with Gasteiger partial charge in [-0.2, -0.15) is 0 Å². The fraction of sp³-hybridized carbons (Fsp3) is 0.0857. The number of carbonyl (C=O) groups excluding carboxylic acids is 3. The third-order valence-electron chi connectivity index (χ3n) is 6.56. The van der Waals surface area contributed by atoms with E-state index in [1.165, 1.54) is 23.1 Å². The lowest BCUT2D eigenvalue weighted by Gasteiger charge is -2.13. The Balaban J connectivity index is 1.21. The highest BCUT2D eigenvalue weighted by atomic mass is 35.5. The predicted octanol–water partition coefficient (Wildman–Crippen LogP) is 8.30. The molecule has 0 spiro atoms. The summed E-state index contributed by atoms with van der Waals surface area (Å²) in [5, 5.41) is 11.0. The molecule has 3 amide bonds. The first kappa shape index (κ1) is 31.7. The van der Waals surface area contributed by atoms with E-state index in [0.29, 0.717) is 27.1 Å². The molecule has 1 unspecified atom stereocenters. The monoisotopic (exact) mass is 652 g/mol. The van der Waals surface area contributed by atoms with Gasteiger partial charge in [-0.15, -0.1) is 23.1 Å². The zero-order chi connectivity index (χ0) is 31.8. The van der Waals surface area contributed by atoms with E-state index in [0.717, 1.165) is 21.6 Å². The van der Waals surface area contributed by atoms with Gasteiger partial charge in [-0.3, -0.25) is 14.4 Å². The third-order valence-corrected chi connectivity index (χ3v) is 8.76. The molecule has 0 aliphatic carbocycles. The second kappa shape index (κ2) is 14.9. The van der Waals surface area contributed by atoms with Gasteiger partial charge in [0.05, 0.1) is 10.9 Å². The molecule has 1 heterocycles. The molecular weight excluding hydrogens is 624 g/mol. The standard InChI is InChI=1S/C35H29ClN4O3S2/c1-22-9-8-10-24(19-22)20-30(38-33(42)25-11-4-3-5-12-25)34(43)37-26-15-17-27(18-16-26)45-23(2)32(41)40-35-39-31(21-44-35)28-13-6-7-14-29(28)36/h3-21,23H,1-2H3,(H,37,43)(H,38,42)(H,39,40,41)/b30-20-. The summed E-state index contributed by atoms with van der Waals surface area (Å²) >= 11 is 9.00. The summed E-state index contributed by atoms with van der Waals surface area (Å²) in [5.41, 5.74) is 4.42. The van der Waals surface area contributed by atoms with E-state index in [-0.39, 0.29) is 17.5 Å². The summed E-state index contributed by atoms with van der Waals surface area (Å²) in [7, 11) is 0. The Hall–Kier alpha value is -4.70.